The van der Waals surface area contributed by atoms with Gasteiger partial charge in [-0.2, -0.15) is 0 Å². The second-order valence-electron chi connectivity index (χ2n) is 2.87. The van der Waals surface area contributed by atoms with Crippen LogP contribution in [0.3, 0.4) is 0 Å². The van der Waals surface area contributed by atoms with Crippen molar-refractivity contribution in [1.82, 2.24) is 5.32 Å². The molecule has 64 valence electrons. The molecule has 4 nitrogen and oxygen atoms in total. The van der Waals surface area contributed by atoms with E-state index in [9.17, 15) is 4.79 Å². The lowest BCUT2D eigenvalue weighted by Gasteiger charge is -2.33. The lowest BCUT2D eigenvalue weighted by Crippen LogP contribution is -2.48. The molecule has 0 spiro atoms. The van der Waals surface area contributed by atoms with Gasteiger partial charge in [0.1, 0.15) is 0 Å². The monoisotopic (exact) mass is 158 g/mol. The zero-order valence-electron chi connectivity index (χ0n) is 6.42. The highest BCUT2D eigenvalue weighted by atomic mass is 16.4. The molecule has 0 heterocycles. The Hall–Kier alpha value is -0.610. The first-order valence-electron chi connectivity index (χ1n) is 3.92. The van der Waals surface area contributed by atoms with Gasteiger partial charge >= 0.3 is 5.97 Å². The van der Waals surface area contributed by atoms with E-state index in [4.69, 9.17) is 10.8 Å². The van der Waals surface area contributed by atoms with Gasteiger partial charge in [-0.3, -0.25) is 4.79 Å². The van der Waals surface area contributed by atoms with E-state index in [-0.39, 0.29) is 12.0 Å². The Bertz CT molecular complexity index is 149. The minimum atomic E-state index is -0.689. The second-order valence-corrected chi connectivity index (χ2v) is 2.87. The van der Waals surface area contributed by atoms with Gasteiger partial charge in [-0.25, -0.2) is 0 Å². The first-order chi connectivity index (χ1) is 5.25. The van der Waals surface area contributed by atoms with E-state index in [0.29, 0.717) is 13.1 Å². The van der Waals surface area contributed by atoms with Crippen LogP contribution in [0.15, 0.2) is 0 Å². The van der Waals surface area contributed by atoms with Crippen molar-refractivity contribution in [2.75, 3.05) is 13.1 Å². The average Bonchev–Trinajstić information content (AvgIpc) is 1.84. The molecular weight excluding hydrogens is 144 g/mol. The number of carboxylic acids is 1. The van der Waals surface area contributed by atoms with Crippen LogP contribution in [0.25, 0.3) is 0 Å². The van der Waals surface area contributed by atoms with Crippen molar-refractivity contribution in [1.29, 1.82) is 0 Å². The molecule has 1 aliphatic carbocycles. The van der Waals surface area contributed by atoms with Crippen LogP contribution in [0.1, 0.15) is 12.8 Å². The third-order valence-corrected chi connectivity index (χ3v) is 2.14. The number of aliphatic carboxylic acids is 1. The maximum Gasteiger partial charge on any atom is 0.308 e. The third-order valence-electron chi connectivity index (χ3n) is 2.14. The summed E-state index contributed by atoms with van der Waals surface area (Å²) < 4.78 is 0. The Kier molecular flexibility index (Phi) is 2.84. The number of rotatable bonds is 4. The molecule has 0 aromatic rings. The summed E-state index contributed by atoms with van der Waals surface area (Å²) in [5.41, 5.74) is 5.27. The molecule has 4 N–H and O–H groups in total. The first kappa shape index (κ1) is 8.49. The highest BCUT2D eigenvalue weighted by Gasteiger charge is 2.35. The van der Waals surface area contributed by atoms with Crippen molar-refractivity contribution in [3.05, 3.63) is 0 Å². The second kappa shape index (κ2) is 3.69. The summed E-state index contributed by atoms with van der Waals surface area (Å²) in [5, 5.41) is 11.7. The van der Waals surface area contributed by atoms with Gasteiger partial charge in [0, 0.05) is 19.1 Å². The van der Waals surface area contributed by atoms with Gasteiger partial charge in [0.25, 0.3) is 0 Å². The molecule has 2 atom stereocenters. The summed E-state index contributed by atoms with van der Waals surface area (Å²) in [4.78, 5) is 10.5. The van der Waals surface area contributed by atoms with Crippen LogP contribution >= 0.6 is 0 Å². The van der Waals surface area contributed by atoms with E-state index < -0.39 is 5.97 Å². The molecule has 0 aromatic heterocycles. The fraction of sp³-hybridized carbons (Fsp3) is 0.857. The topological polar surface area (TPSA) is 75.3 Å². The number of nitrogens with two attached hydrogens (primary N) is 1. The Morgan fingerprint density at radius 2 is 2.36 bits per heavy atom. The van der Waals surface area contributed by atoms with Crippen molar-refractivity contribution in [2.24, 2.45) is 11.7 Å². The molecule has 0 saturated heterocycles. The molecule has 0 radical (unpaired) electrons. The van der Waals surface area contributed by atoms with Crippen LogP contribution in [0, 0.1) is 5.92 Å². The fourth-order valence-corrected chi connectivity index (χ4v) is 1.31. The predicted octanol–water partition coefficient (Wildman–Crippen LogP) is -0.602. The van der Waals surface area contributed by atoms with E-state index in [1.54, 1.807) is 0 Å². The summed E-state index contributed by atoms with van der Waals surface area (Å²) >= 11 is 0. The molecule has 1 saturated carbocycles. The van der Waals surface area contributed by atoms with E-state index in [1.165, 1.54) is 0 Å². The zero-order valence-corrected chi connectivity index (χ0v) is 6.42. The number of nitrogens with one attached hydrogen (secondary N) is 1. The van der Waals surface area contributed by atoms with Crippen molar-refractivity contribution in [3.8, 4) is 0 Å². The Morgan fingerprint density at radius 1 is 1.64 bits per heavy atom. The minimum Gasteiger partial charge on any atom is -0.481 e. The van der Waals surface area contributed by atoms with Crippen LogP contribution in [-0.2, 0) is 4.79 Å². The molecule has 2 unspecified atom stereocenters. The number of hydrogen-bond acceptors (Lipinski definition) is 3. The molecule has 0 amide bonds. The maximum atomic E-state index is 10.5. The van der Waals surface area contributed by atoms with E-state index >= 15 is 0 Å². The highest BCUT2D eigenvalue weighted by Crippen LogP contribution is 2.27. The summed E-state index contributed by atoms with van der Waals surface area (Å²) in [5.74, 6) is -0.868. The van der Waals surface area contributed by atoms with Gasteiger partial charge in [-0.05, 0) is 12.8 Å². The number of carbonyl (C=O) groups is 1. The predicted molar refractivity (Wildman–Crippen MR) is 41.2 cm³/mol. The fourth-order valence-electron chi connectivity index (χ4n) is 1.31. The van der Waals surface area contributed by atoms with Crippen molar-refractivity contribution < 1.29 is 9.90 Å². The smallest absolute Gasteiger partial charge is 0.308 e. The average molecular weight is 158 g/mol. The van der Waals surface area contributed by atoms with Crippen LogP contribution in [0.4, 0.5) is 0 Å². The maximum absolute atomic E-state index is 10.5. The van der Waals surface area contributed by atoms with Crippen LogP contribution in [0.5, 0.6) is 0 Å². The zero-order chi connectivity index (χ0) is 8.27. The van der Waals surface area contributed by atoms with E-state index in [2.05, 4.69) is 5.32 Å². The lowest BCUT2D eigenvalue weighted by atomic mass is 9.79. The molecule has 1 rings (SSSR count). The first-order valence-corrected chi connectivity index (χ1v) is 3.92. The molecule has 4 heteroatoms. The quantitative estimate of drug-likeness (QED) is 0.510. The van der Waals surface area contributed by atoms with Crippen molar-refractivity contribution in [2.45, 2.75) is 18.9 Å². The van der Waals surface area contributed by atoms with Crippen LogP contribution < -0.4 is 11.1 Å². The lowest BCUT2D eigenvalue weighted by molar-refractivity contribution is -0.146. The van der Waals surface area contributed by atoms with Crippen LogP contribution in [-0.4, -0.2) is 30.2 Å². The van der Waals surface area contributed by atoms with Gasteiger partial charge < -0.3 is 16.2 Å². The van der Waals surface area contributed by atoms with E-state index in [0.717, 1.165) is 12.8 Å². The minimum absolute atomic E-state index is 0.163. The van der Waals surface area contributed by atoms with E-state index in [1.807, 2.05) is 0 Å². The Balaban J connectivity index is 2.20. The van der Waals surface area contributed by atoms with Gasteiger partial charge in [0.2, 0.25) is 0 Å². The standard InChI is InChI=1S/C7H14N2O2/c8-3-4-9-6-2-1-5(6)7(10)11/h5-6,9H,1-4,8H2,(H,10,11). The van der Waals surface area contributed by atoms with Crippen LogP contribution in [0.2, 0.25) is 0 Å². The molecule has 11 heavy (non-hydrogen) atoms. The number of hydrogen-bond donors (Lipinski definition) is 3. The van der Waals surface area contributed by atoms with Gasteiger partial charge in [-0.1, -0.05) is 0 Å². The summed E-state index contributed by atoms with van der Waals surface area (Å²) in [6, 6.07) is 0.163. The highest BCUT2D eigenvalue weighted by molar-refractivity contribution is 5.72. The third kappa shape index (κ3) is 1.91. The number of carboxylic acid groups (broad SMARTS) is 1. The summed E-state index contributed by atoms with van der Waals surface area (Å²) in [6.07, 6.45) is 1.77. The SMILES string of the molecule is NCCNC1CCC1C(=O)O. The molecule has 0 bridgehead atoms. The molecule has 1 aliphatic rings. The Morgan fingerprint density at radius 3 is 2.73 bits per heavy atom. The molecule has 0 aromatic carbocycles. The Labute approximate surface area is 65.8 Å². The van der Waals surface area contributed by atoms with Gasteiger partial charge in [-0.15, -0.1) is 0 Å². The molecule has 1 fully saturated rings. The largest absolute Gasteiger partial charge is 0.481 e. The summed E-state index contributed by atoms with van der Waals surface area (Å²) in [7, 11) is 0. The van der Waals surface area contributed by atoms with Gasteiger partial charge in [0.15, 0.2) is 0 Å². The molecule has 0 aliphatic heterocycles. The van der Waals surface area contributed by atoms with Gasteiger partial charge in [0.05, 0.1) is 5.92 Å². The van der Waals surface area contributed by atoms with Crippen molar-refractivity contribution in [3.63, 3.8) is 0 Å². The normalized spacial score (nSPS) is 29.5. The summed E-state index contributed by atoms with van der Waals surface area (Å²) in [6.45, 7) is 1.29. The van der Waals surface area contributed by atoms with Crippen molar-refractivity contribution >= 4 is 5.97 Å². The molecular formula is C7H14N2O2.